The molecule has 1 saturated heterocycles. The van der Waals surface area contributed by atoms with Crippen molar-refractivity contribution in [1.82, 2.24) is 0 Å². The fourth-order valence-corrected chi connectivity index (χ4v) is 3.25. The summed E-state index contributed by atoms with van der Waals surface area (Å²) in [5.74, 6) is -0.631. The van der Waals surface area contributed by atoms with Crippen LogP contribution in [0.15, 0.2) is 48.5 Å². The van der Waals surface area contributed by atoms with Gasteiger partial charge >= 0.3 is 5.97 Å². The molecule has 2 aromatic carbocycles. The highest BCUT2D eigenvalue weighted by molar-refractivity contribution is 5.93. The number of esters is 1. The molecule has 7 nitrogen and oxygen atoms in total. The van der Waals surface area contributed by atoms with Gasteiger partial charge in [-0.05, 0) is 61.4 Å². The van der Waals surface area contributed by atoms with E-state index in [0.717, 1.165) is 25.1 Å². The second-order valence-electron chi connectivity index (χ2n) is 7.13. The van der Waals surface area contributed by atoms with Crippen LogP contribution in [0.1, 0.15) is 36.0 Å². The van der Waals surface area contributed by atoms with Crippen LogP contribution in [0.3, 0.4) is 0 Å². The molecule has 0 atom stereocenters. The summed E-state index contributed by atoms with van der Waals surface area (Å²) >= 11 is 0. The van der Waals surface area contributed by atoms with Crippen LogP contribution in [0, 0.1) is 0 Å². The predicted octanol–water partition coefficient (Wildman–Crippen LogP) is 3.44. The number of carbonyl (C=O) groups excluding carboxylic acids is 3. The second-order valence-corrected chi connectivity index (χ2v) is 7.13. The lowest BCUT2D eigenvalue weighted by Gasteiger charge is -2.22. The Morgan fingerprint density at radius 2 is 1.57 bits per heavy atom. The number of benzene rings is 2. The second kappa shape index (κ2) is 11.0. The summed E-state index contributed by atoms with van der Waals surface area (Å²) in [7, 11) is 0. The van der Waals surface area contributed by atoms with Gasteiger partial charge in [-0.25, -0.2) is 4.79 Å². The topological polar surface area (TPSA) is 84.9 Å². The fraction of sp³-hybridized carbons (Fsp3) is 0.348. The molecule has 0 radical (unpaired) electrons. The highest BCUT2D eigenvalue weighted by Crippen LogP contribution is 2.21. The lowest BCUT2D eigenvalue weighted by atomic mass is 10.2. The molecule has 158 valence electrons. The largest absolute Gasteiger partial charge is 0.482 e. The van der Waals surface area contributed by atoms with E-state index in [2.05, 4.69) is 10.2 Å². The van der Waals surface area contributed by atoms with E-state index >= 15 is 0 Å². The Morgan fingerprint density at radius 1 is 0.900 bits per heavy atom. The van der Waals surface area contributed by atoms with Gasteiger partial charge in [-0.1, -0.05) is 12.8 Å². The van der Waals surface area contributed by atoms with Crippen molar-refractivity contribution in [3.8, 4) is 5.75 Å². The van der Waals surface area contributed by atoms with E-state index in [1.54, 1.807) is 24.3 Å². The van der Waals surface area contributed by atoms with Gasteiger partial charge in [-0.15, -0.1) is 0 Å². The first-order chi connectivity index (χ1) is 14.6. The zero-order valence-corrected chi connectivity index (χ0v) is 16.8. The molecule has 0 unspecified atom stereocenters. The van der Waals surface area contributed by atoms with E-state index in [4.69, 9.17) is 9.47 Å². The van der Waals surface area contributed by atoms with E-state index in [1.807, 2.05) is 24.3 Å². The van der Waals surface area contributed by atoms with Crippen molar-refractivity contribution in [2.45, 2.75) is 25.7 Å². The van der Waals surface area contributed by atoms with Crippen LogP contribution in [0.5, 0.6) is 5.75 Å². The van der Waals surface area contributed by atoms with Gasteiger partial charge in [0.15, 0.2) is 13.2 Å². The summed E-state index contributed by atoms with van der Waals surface area (Å²) in [6, 6.07) is 14.0. The predicted molar refractivity (Wildman–Crippen MR) is 114 cm³/mol. The molecule has 1 heterocycles. The van der Waals surface area contributed by atoms with E-state index < -0.39 is 11.9 Å². The van der Waals surface area contributed by atoms with Crippen LogP contribution < -0.4 is 15.0 Å². The molecule has 2 aromatic rings. The van der Waals surface area contributed by atoms with Crippen molar-refractivity contribution in [1.29, 1.82) is 0 Å². The van der Waals surface area contributed by atoms with Crippen LogP contribution in [0.4, 0.5) is 11.4 Å². The lowest BCUT2D eigenvalue weighted by Crippen LogP contribution is -2.24. The van der Waals surface area contributed by atoms with Crippen LogP contribution >= 0.6 is 0 Å². The fourth-order valence-electron chi connectivity index (χ4n) is 3.25. The van der Waals surface area contributed by atoms with Crippen molar-refractivity contribution in [2.24, 2.45) is 0 Å². The zero-order valence-electron chi connectivity index (χ0n) is 16.8. The van der Waals surface area contributed by atoms with Gasteiger partial charge in [-0.3, -0.25) is 9.59 Å². The van der Waals surface area contributed by atoms with E-state index in [-0.39, 0.29) is 13.2 Å². The van der Waals surface area contributed by atoms with E-state index in [0.29, 0.717) is 17.0 Å². The van der Waals surface area contributed by atoms with Crippen LogP contribution in [0.25, 0.3) is 0 Å². The molecule has 30 heavy (non-hydrogen) atoms. The Balaban J connectivity index is 1.39. The number of anilines is 2. The summed E-state index contributed by atoms with van der Waals surface area (Å²) in [5.41, 5.74) is 2.32. The molecule has 0 spiro atoms. The van der Waals surface area contributed by atoms with Gasteiger partial charge in [0, 0.05) is 30.0 Å². The Kier molecular flexibility index (Phi) is 7.83. The summed E-state index contributed by atoms with van der Waals surface area (Å²) < 4.78 is 10.2. The lowest BCUT2D eigenvalue weighted by molar-refractivity contribution is -0.149. The molecule has 0 bridgehead atoms. The minimum Gasteiger partial charge on any atom is -0.482 e. The first kappa shape index (κ1) is 21.4. The number of hydrogen-bond donors (Lipinski definition) is 1. The summed E-state index contributed by atoms with van der Waals surface area (Å²) in [6.07, 6.45) is 5.69. The Hall–Kier alpha value is -3.35. The van der Waals surface area contributed by atoms with Crippen molar-refractivity contribution in [2.75, 3.05) is 36.5 Å². The van der Waals surface area contributed by atoms with Crippen LogP contribution in [-0.4, -0.2) is 44.5 Å². The minimum atomic E-state index is -0.652. The van der Waals surface area contributed by atoms with Gasteiger partial charge in [0.2, 0.25) is 0 Å². The third-order valence-electron chi connectivity index (χ3n) is 4.86. The molecule has 0 saturated carbocycles. The number of carbonyl (C=O) groups is 3. The first-order valence-electron chi connectivity index (χ1n) is 10.1. The van der Waals surface area contributed by atoms with Gasteiger partial charge in [0.1, 0.15) is 12.0 Å². The molecule has 1 fully saturated rings. The SMILES string of the molecule is O=Cc1ccc(OCC(=O)OCC(=O)Nc2ccc(N3CCCCCC3)cc2)cc1. The van der Waals surface area contributed by atoms with Gasteiger partial charge in [0.25, 0.3) is 5.91 Å². The maximum absolute atomic E-state index is 12.0. The maximum Gasteiger partial charge on any atom is 0.344 e. The summed E-state index contributed by atoms with van der Waals surface area (Å²) in [6.45, 7) is 1.41. The molecule has 7 heteroatoms. The molecule has 1 aliphatic rings. The first-order valence-corrected chi connectivity index (χ1v) is 10.1. The maximum atomic E-state index is 12.0. The number of hydrogen-bond acceptors (Lipinski definition) is 6. The smallest absolute Gasteiger partial charge is 0.344 e. The Morgan fingerprint density at radius 3 is 2.20 bits per heavy atom. The van der Waals surface area contributed by atoms with E-state index in [9.17, 15) is 14.4 Å². The van der Waals surface area contributed by atoms with Crippen LogP contribution in [-0.2, 0) is 14.3 Å². The molecule has 1 aliphatic heterocycles. The molecular formula is C23H26N2O5. The molecule has 3 rings (SSSR count). The zero-order chi connectivity index (χ0) is 21.2. The molecule has 1 amide bonds. The molecule has 1 N–H and O–H groups in total. The highest BCUT2D eigenvalue weighted by atomic mass is 16.6. The van der Waals surface area contributed by atoms with Gasteiger partial charge in [0.05, 0.1) is 0 Å². The molecular weight excluding hydrogens is 384 g/mol. The summed E-state index contributed by atoms with van der Waals surface area (Å²) in [5, 5.41) is 2.72. The molecule has 0 aromatic heterocycles. The number of nitrogens with zero attached hydrogens (tertiary/aromatic N) is 1. The van der Waals surface area contributed by atoms with Crippen molar-refractivity contribution >= 4 is 29.5 Å². The monoisotopic (exact) mass is 410 g/mol. The number of ether oxygens (including phenoxy) is 2. The third kappa shape index (κ3) is 6.62. The number of nitrogens with one attached hydrogen (secondary N) is 1. The summed E-state index contributed by atoms with van der Waals surface area (Å²) in [4.78, 5) is 36.8. The average molecular weight is 410 g/mol. The van der Waals surface area contributed by atoms with Crippen molar-refractivity contribution < 1.29 is 23.9 Å². The van der Waals surface area contributed by atoms with Crippen molar-refractivity contribution in [3.05, 3.63) is 54.1 Å². The van der Waals surface area contributed by atoms with E-state index in [1.165, 1.54) is 25.7 Å². The number of rotatable bonds is 8. The van der Waals surface area contributed by atoms with Crippen molar-refractivity contribution in [3.63, 3.8) is 0 Å². The molecule has 0 aliphatic carbocycles. The Labute approximate surface area is 176 Å². The quantitative estimate of drug-likeness (QED) is 0.530. The van der Waals surface area contributed by atoms with Gasteiger partial charge in [-0.2, -0.15) is 0 Å². The van der Waals surface area contributed by atoms with Crippen LogP contribution in [0.2, 0.25) is 0 Å². The Bertz CT molecular complexity index is 841. The number of aldehydes is 1. The average Bonchev–Trinajstić information content (AvgIpc) is 3.07. The third-order valence-corrected chi connectivity index (χ3v) is 4.86. The van der Waals surface area contributed by atoms with Gasteiger partial charge < -0.3 is 19.7 Å². The number of amides is 1. The normalized spacial score (nSPS) is 13.8. The standard InChI is InChI=1S/C23H26N2O5/c26-15-18-5-11-21(12-6-18)29-17-23(28)30-16-22(27)24-19-7-9-20(10-8-19)25-13-3-1-2-4-14-25/h5-12,15H,1-4,13-14,16-17H2,(H,24,27). The highest BCUT2D eigenvalue weighted by Gasteiger charge is 2.11. The minimum absolute atomic E-state index is 0.321.